The van der Waals surface area contributed by atoms with Crippen molar-refractivity contribution in [3.05, 3.63) is 63.7 Å². The van der Waals surface area contributed by atoms with E-state index in [9.17, 15) is 23.5 Å². The van der Waals surface area contributed by atoms with Gasteiger partial charge in [0.05, 0.1) is 28.9 Å². The van der Waals surface area contributed by atoms with Gasteiger partial charge in [-0.25, -0.2) is 22.9 Å². The number of nitrogens with zero attached hydrogens (tertiary/aromatic N) is 4. The normalized spacial score (nSPS) is 19.4. The van der Waals surface area contributed by atoms with Crippen LogP contribution in [0.5, 0.6) is 0 Å². The zero-order chi connectivity index (χ0) is 25.5. The Morgan fingerprint density at radius 3 is 2.69 bits per heavy atom. The van der Waals surface area contributed by atoms with E-state index in [0.29, 0.717) is 24.8 Å². The quantitative estimate of drug-likeness (QED) is 0.529. The maximum Gasteiger partial charge on any atom is 0.341 e. The molecular formula is C23H22F3N5O4. The minimum atomic E-state index is -1.59. The molecule has 1 atom stereocenters. The average Bonchev–Trinajstić information content (AvgIpc) is 2.79. The van der Waals surface area contributed by atoms with Gasteiger partial charge in [0, 0.05) is 18.8 Å². The lowest BCUT2D eigenvalue weighted by Crippen LogP contribution is -2.56. The first-order valence-electron chi connectivity index (χ1n) is 10.7. The largest absolute Gasteiger partial charge is 0.477 e. The summed E-state index contributed by atoms with van der Waals surface area (Å²) >= 11 is 0. The van der Waals surface area contributed by atoms with Crippen molar-refractivity contribution in [3.63, 3.8) is 0 Å². The molecule has 0 bridgehead atoms. The molecule has 1 aliphatic heterocycles. The molecule has 9 nitrogen and oxygen atoms in total. The van der Waals surface area contributed by atoms with Crippen LogP contribution in [0.25, 0.3) is 16.7 Å². The molecule has 1 aromatic carbocycles. The number of aromatic nitrogens is 2. The van der Waals surface area contributed by atoms with Gasteiger partial charge in [-0.05, 0) is 38.5 Å². The number of anilines is 1. The molecule has 2 aromatic heterocycles. The first-order valence-corrected chi connectivity index (χ1v) is 10.7. The molecule has 1 saturated heterocycles. The molecule has 0 saturated carbocycles. The number of nitrogens with two attached hydrogens (primary N) is 1. The van der Waals surface area contributed by atoms with E-state index < -0.39 is 40.0 Å². The Balaban J connectivity index is 1.94. The highest BCUT2D eigenvalue weighted by atomic mass is 19.1. The summed E-state index contributed by atoms with van der Waals surface area (Å²) in [5.74, 6) is -4.53. The van der Waals surface area contributed by atoms with Crippen LogP contribution < -0.4 is 16.1 Å². The van der Waals surface area contributed by atoms with Gasteiger partial charge in [0.15, 0.2) is 17.3 Å². The number of oxime groups is 1. The van der Waals surface area contributed by atoms with Crippen LogP contribution in [0.15, 0.2) is 40.4 Å². The Hall–Kier alpha value is -3.93. The number of hydrogen-bond acceptors (Lipinski definition) is 7. The highest BCUT2D eigenvalue weighted by molar-refractivity contribution is 5.97. The van der Waals surface area contributed by atoms with Gasteiger partial charge >= 0.3 is 5.97 Å². The number of rotatable bonds is 5. The van der Waals surface area contributed by atoms with E-state index in [1.165, 1.54) is 0 Å². The summed E-state index contributed by atoms with van der Waals surface area (Å²) in [6, 6.07) is 3.50. The summed E-state index contributed by atoms with van der Waals surface area (Å²) in [5, 5.41) is 13.1. The second-order valence-electron chi connectivity index (χ2n) is 8.35. The first kappa shape index (κ1) is 24.2. The van der Waals surface area contributed by atoms with E-state index in [1.54, 1.807) is 18.7 Å². The molecule has 1 aliphatic rings. The van der Waals surface area contributed by atoms with Gasteiger partial charge in [-0.2, -0.15) is 0 Å². The smallest absolute Gasteiger partial charge is 0.341 e. The highest BCUT2D eigenvalue weighted by Gasteiger charge is 2.35. The van der Waals surface area contributed by atoms with E-state index in [1.807, 2.05) is 0 Å². The second-order valence-corrected chi connectivity index (χ2v) is 8.35. The van der Waals surface area contributed by atoms with Crippen LogP contribution in [0.2, 0.25) is 0 Å². The number of carbonyl (C=O) groups is 1. The molecule has 4 rings (SSSR count). The monoisotopic (exact) mass is 489 g/mol. The van der Waals surface area contributed by atoms with Crippen LogP contribution in [-0.4, -0.2) is 51.6 Å². The minimum Gasteiger partial charge on any atom is -0.477 e. The number of pyridine rings is 2. The molecule has 0 aliphatic carbocycles. The van der Waals surface area contributed by atoms with Crippen molar-refractivity contribution in [2.45, 2.75) is 25.8 Å². The summed E-state index contributed by atoms with van der Waals surface area (Å²) in [6.07, 6.45) is 1.27. The number of hydrogen-bond donors (Lipinski definition) is 2. The highest BCUT2D eigenvalue weighted by Crippen LogP contribution is 2.28. The Bertz CT molecular complexity index is 1420. The number of fused-ring (bicyclic) bond motifs is 1. The number of piperidine rings is 1. The molecule has 1 unspecified atom stereocenters. The van der Waals surface area contributed by atoms with Gasteiger partial charge in [-0.3, -0.25) is 9.36 Å². The summed E-state index contributed by atoms with van der Waals surface area (Å²) in [5.41, 5.74) is 3.77. The van der Waals surface area contributed by atoms with Crippen molar-refractivity contribution < 1.29 is 27.9 Å². The van der Waals surface area contributed by atoms with Crippen LogP contribution in [0.1, 0.15) is 30.6 Å². The third-order valence-electron chi connectivity index (χ3n) is 5.82. The molecule has 35 heavy (non-hydrogen) atoms. The van der Waals surface area contributed by atoms with Crippen molar-refractivity contribution in [2.75, 3.05) is 24.6 Å². The van der Waals surface area contributed by atoms with Gasteiger partial charge in [-0.15, -0.1) is 0 Å². The Kier molecular flexibility index (Phi) is 6.24. The Morgan fingerprint density at radius 2 is 2.03 bits per heavy atom. The van der Waals surface area contributed by atoms with Crippen molar-refractivity contribution >= 4 is 28.5 Å². The molecule has 12 heteroatoms. The SMILES string of the molecule is CCO/N=C1\CN(c2nc3c(cc2F)c(=O)c(C(=O)O)cn3-c2ccc(F)cc2F)CCC1(C)N. The van der Waals surface area contributed by atoms with Crippen molar-refractivity contribution in [3.8, 4) is 5.69 Å². The van der Waals surface area contributed by atoms with Crippen LogP contribution in [0.3, 0.4) is 0 Å². The predicted octanol–water partition coefficient (Wildman–Crippen LogP) is 2.82. The number of benzene rings is 1. The van der Waals surface area contributed by atoms with Crippen molar-refractivity contribution in [1.29, 1.82) is 0 Å². The third kappa shape index (κ3) is 4.44. The van der Waals surface area contributed by atoms with E-state index in [-0.39, 0.29) is 35.6 Å². The molecule has 184 valence electrons. The standard InChI is InChI=1S/C23H22F3N5O4/c1-3-35-29-18-11-30(7-6-23(18,2)27)21-16(26)9-13-19(32)14(22(33)34)10-31(20(13)28-21)17-5-4-12(24)8-15(17)25/h4-5,8-10H,3,6-7,11,27H2,1-2H3,(H,33,34)/b29-18+. The fraction of sp³-hybridized carbons (Fsp3) is 0.304. The summed E-state index contributed by atoms with van der Waals surface area (Å²) in [4.78, 5) is 35.4. The number of carboxylic acids is 1. The fourth-order valence-corrected chi connectivity index (χ4v) is 3.86. The van der Waals surface area contributed by atoms with Gasteiger partial charge in [0.1, 0.15) is 23.8 Å². The molecule has 3 aromatic rings. The van der Waals surface area contributed by atoms with Gasteiger partial charge in [0.2, 0.25) is 5.43 Å². The van der Waals surface area contributed by atoms with E-state index in [4.69, 9.17) is 10.6 Å². The fourth-order valence-electron chi connectivity index (χ4n) is 3.86. The van der Waals surface area contributed by atoms with E-state index in [2.05, 4.69) is 10.1 Å². The summed E-state index contributed by atoms with van der Waals surface area (Å²) < 4.78 is 44.4. The average molecular weight is 489 g/mol. The number of carboxylic acid groups (broad SMARTS) is 1. The van der Waals surface area contributed by atoms with Gasteiger partial charge in [0.25, 0.3) is 0 Å². The first-order chi connectivity index (χ1) is 16.5. The molecule has 0 radical (unpaired) electrons. The topological polar surface area (TPSA) is 123 Å². The molecule has 3 heterocycles. The summed E-state index contributed by atoms with van der Waals surface area (Å²) in [6.45, 7) is 4.20. The van der Waals surface area contributed by atoms with Crippen LogP contribution in [0.4, 0.5) is 19.0 Å². The van der Waals surface area contributed by atoms with Crippen molar-refractivity contribution in [1.82, 2.24) is 9.55 Å². The lowest BCUT2D eigenvalue weighted by atomic mass is 9.89. The lowest BCUT2D eigenvalue weighted by molar-refractivity contribution is 0.0695. The number of halogens is 3. The van der Waals surface area contributed by atoms with Gasteiger partial charge in [-0.1, -0.05) is 5.16 Å². The molecule has 0 amide bonds. The molecule has 1 fully saturated rings. The maximum atomic E-state index is 15.2. The van der Waals surface area contributed by atoms with E-state index >= 15 is 4.39 Å². The van der Waals surface area contributed by atoms with Crippen LogP contribution in [0, 0.1) is 17.5 Å². The zero-order valence-corrected chi connectivity index (χ0v) is 18.9. The third-order valence-corrected chi connectivity index (χ3v) is 5.82. The zero-order valence-electron chi connectivity index (χ0n) is 18.9. The lowest BCUT2D eigenvalue weighted by Gasteiger charge is -2.38. The van der Waals surface area contributed by atoms with Gasteiger partial charge < -0.3 is 20.6 Å². The van der Waals surface area contributed by atoms with Crippen LogP contribution >= 0.6 is 0 Å². The summed E-state index contributed by atoms with van der Waals surface area (Å²) in [7, 11) is 0. The minimum absolute atomic E-state index is 0.0742. The second kappa shape index (κ2) is 9.02. The molecule has 3 N–H and O–H groups in total. The Morgan fingerprint density at radius 1 is 1.29 bits per heavy atom. The van der Waals surface area contributed by atoms with E-state index in [0.717, 1.165) is 29.0 Å². The van der Waals surface area contributed by atoms with Crippen molar-refractivity contribution in [2.24, 2.45) is 10.9 Å². The Labute approximate surface area is 197 Å². The maximum absolute atomic E-state index is 15.2. The molecular weight excluding hydrogens is 467 g/mol. The van der Waals surface area contributed by atoms with Crippen LogP contribution in [-0.2, 0) is 4.84 Å². The molecule has 0 spiro atoms. The predicted molar refractivity (Wildman–Crippen MR) is 123 cm³/mol. The number of aromatic carboxylic acids is 1.